The lowest BCUT2D eigenvalue weighted by molar-refractivity contribution is 0.197. The van der Waals surface area contributed by atoms with Gasteiger partial charge in [-0.1, -0.05) is 13.8 Å². The van der Waals surface area contributed by atoms with Crippen LogP contribution in [0.1, 0.15) is 26.7 Å². The van der Waals surface area contributed by atoms with Gasteiger partial charge in [-0.2, -0.15) is 0 Å². The summed E-state index contributed by atoms with van der Waals surface area (Å²) in [5.74, 6) is 5.63. The molecule has 1 rings (SSSR count). The van der Waals surface area contributed by atoms with E-state index >= 15 is 0 Å². The molecule has 66 valence electrons. The number of piperidine rings is 1. The molecule has 0 aromatic rings. The van der Waals surface area contributed by atoms with Crippen molar-refractivity contribution in [2.24, 2.45) is 5.84 Å². The highest BCUT2D eigenvalue weighted by Crippen LogP contribution is 2.07. The molecule has 0 spiro atoms. The predicted octanol–water partition coefficient (Wildman–Crippen LogP) is 0.323. The Balaban J connectivity index is 2.17. The first-order chi connectivity index (χ1) is 5.18. The van der Waals surface area contributed by atoms with E-state index in [2.05, 4.69) is 19.2 Å². The molecule has 1 heterocycles. The zero-order valence-electron chi connectivity index (χ0n) is 7.51. The van der Waals surface area contributed by atoms with Crippen LogP contribution < -0.4 is 11.2 Å². The molecule has 0 unspecified atom stereocenters. The maximum absolute atomic E-state index is 5.63. The number of rotatable bonds is 2. The molecule has 0 aromatic heterocycles. The fraction of sp³-hybridized carbons (Fsp3) is 1.00. The van der Waals surface area contributed by atoms with Gasteiger partial charge in [0.2, 0.25) is 0 Å². The normalized spacial score (nSPS) is 22.9. The monoisotopic (exact) mass is 157 g/mol. The maximum atomic E-state index is 5.63. The molecule has 3 N–H and O–H groups in total. The summed E-state index contributed by atoms with van der Waals surface area (Å²) in [6.45, 7) is 6.44. The van der Waals surface area contributed by atoms with Crippen LogP contribution in [0.3, 0.4) is 0 Å². The smallest absolute Gasteiger partial charge is 0.0143 e. The van der Waals surface area contributed by atoms with Gasteiger partial charge < -0.3 is 5.32 Å². The lowest BCUT2D eigenvalue weighted by Gasteiger charge is -2.30. The van der Waals surface area contributed by atoms with Crippen molar-refractivity contribution in [2.45, 2.75) is 38.8 Å². The van der Waals surface area contributed by atoms with Gasteiger partial charge in [-0.3, -0.25) is 5.84 Å². The van der Waals surface area contributed by atoms with Crippen LogP contribution in [0.2, 0.25) is 0 Å². The van der Waals surface area contributed by atoms with Gasteiger partial charge in [0.15, 0.2) is 0 Å². The third-order valence-corrected chi connectivity index (χ3v) is 2.10. The molecule has 1 aliphatic heterocycles. The van der Waals surface area contributed by atoms with Gasteiger partial charge in [-0.25, -0.2) is 5.01 Å². The van der Waals surface area contributed by atoms with Crippen molar-refractivity contribution < 1.29 is 0 Å². The van der Waals surface area contributed by atoms with Crippen LogP contribution in [0.5, 0.6) is 0 Å². The molecule has 3 heteroatoms. The molecule has 1 fully saturated rings. The summed E-state index contributed by atoms with van der Waals surface area (Å²) < 4.78 is 0. The fourth-order valence-corrected chi connectivity index (χ4v) is 1.54. The minimum absolute atomic E-state index is 0.601. The first kappa shape index (κ1) is 8.97. The van der Waals surface area contributed by atoms with E-state index < -0.39 is 0 Å². The van der Waals surface area contributed by atoms with E-state index in [-0.39, 0.29) is 0 Å². The van der Waals surface area contributed by atoms with Crippen LogP contribution >= 0.6 is 0 Å². The number of hydrogen-bond acceptors (Lipinski definition) is 3. The van der Waals surface area contributed by atoms with E-state index in [4.69, 9.17) is 5.84 Å². The van der Waals surface area contributed by atoms with Gasteiger partial charge in [-0.05, 0) is 12.8 Å². The Morgan fingerprint density at radius 3 is 2.36 bits per heavy atom. The van der Waals surface area contributed by atoms with Gasteiger partial charge >= 0.3 is 0 Å². The summed E-state index contributed by atoms with van der Waals surface area (Å²) in [4.78, 5) is 0. The Morgan fingerprint density at radius 2 is 1.91 bits per heavy atom. The second kappa shape index (κ2) is 4.04. The van der Waals surface area contributed by atoms with Crippen LogP contribution in [-0.4, -0.2) is 30.2 Å². The van der Waals surface area contributed by atoms with Gasteiger partial charge in [0.25, 0.3) is 0 Å². The Morgan fingerprint density at radius 1 is 1.36 bits per heavy atom. The molecular weight excluding hydrogens is 138 g/mol. The average Bonchev–Trinajstić information content (AvgIpc) is 1.93. The first-order valence-corrected chi connectivity index (χ1v) is 4.44. The quantitative estimate of drug-likeness (QED) is 0.567. The Hall–Kier alpha value is -0.120. The number of nitrogens with zero attached hydrogens (tertiary/aromatic N) is 1. The zero-order valence-corrected chi connectivity index (χ0v) is 7.51. The average molecular weight is 157 g/mol. The van der Waals surface area contributed by atoms with Gasteiger partial charge in [0.1, 0.15) is 0 Å². The highest BCUT2D eigenvalue weighted by Gasteiger charge is 2.16. The van der Waals surface area contributed by atoms with Crippen LogP contribution in [0.15, 0.2) is 0 Å². The van der Waals surface area contributed by atoms with E-state index in [0.29, 0.717) is 12.1 Å². The van der Waals surface area contributed by atoms with Gasteiger partial charge in [-0.15, -0.1) is 0 Å². The largest absolute Gasteiger partial charge is 0.312 e. The lowest BCUT2D eigenvalue weighted by Crippen LogP contribution is -2.47. The molecule has 3 nitrogen and oxygen atoms in total. The summed E-state index contributed by atoms with van der Waals surface area (Å²) in [7, 11) is 0. The minimum atomic E-state index is 0.601. The Labute approximate surface area is 68.9 Å². The van der Waals surface area contributed by atoms with Gasteiger partial charge in [0, 0.05) is 25.2 Å². The molecule has 0 bridgehead atoms. The van der Waals surface area contributed by atoms with Crippen LogP contribution in [-0.2, 0) is 0 Å². The second-order valence-electron chi connectivity index (χ2n) is 3.63. The zero-order chi connectivity index (χ0) is 8.27. The molecule has 11 heavy (non-hydrogen) atoms. The third-order valence-electron chi connectivity index (χ3n) is 2.10. The van der Waals surface area contributed by atoms with Crippen molar-refractivity contribution in [2.75, 3.05) is 13.1 Å². The standard InChI is InChI=1S/C8H19N3/c1-7(2)10-8-3-5-11(9)6-4-8/h7-8,10H,3-6,9H2,1-2H3. The molecule has 0 atom stereocenters. The fourth-order valence-electron chi connectivity index (χ4n) is 1.54. The van der Waals surface area contributed by atoms with Crippen LogP contribution in [0.25, 0.3) is 0 Å². The number of nitrogens with one attached hydrogen (secondary N) is 1. The topological polar surface area (TPSA) is 41.3 Å². The van der Waals surface area contributed by atoms with E-state index in [0.717, 1.165) is 13.1 Å². The number of hydrazine groups is 1. The van der Waals surface area contributed by atoms with Crippen molar-refractivity contribution in [3.05, 3.63) is 0 Å². The lowest BCUT2D eigenvalue weighted by atomic mass is 10.1. The minimum Gasteiger partial charge on any atom is -0.312 e. The highest BCUT2D eigenvalue weighted by atomic mass is 15.4. The Bertz CT molecular complexity index is 106. The first-order valence-electron chi connectivity index (χ1n) is 4.44. The predicted molar refractivity (Wildman–Crippen MR) is 47.1 cm³/mol. The van der Waals surface area contributed by atoms with Crippen molar-refractivity contribution in [1.82, 2.24) is 10.3 Å². The molecule has 0 aromatic carbocycles. The SMILES string of the molecule is CC(C)NC1CCN(N)CC1. The number of nitrogens with two attached hydrogens (primary N) is 1. The molecular formula is C8H19N3. The number of hydrogen-bond donors (Lipinski definition) is 2. The molecule has 1 saturated heterocycles. The Kier molecular flexibility index (Phi) is 3.30. The van der Waals surface area contributed by atoms with Crippen molar-refractivity contribution in [3.8, 4) is 0 Å². The third kappa shape index (κ3) is 3.18. The summed E-state index contributed by atoms with van der Waals surface area (Å²) in [6.07, 6.45) is 2.38. The summed E-state index contributed by atoms with van der Waals surface area (Å²) in [5, 5.41) is 5.42. The van der Waals surface area contributed by atoms with Gasteiger partial charge in [0.05, 0.1) is 0 Å². The molecule has 1 aliphatic rings. The molecule has 0 radical (unpaired) electrons. The summed E-state index contributed by atoms with van der Waals surface area (Å²) >= 11 is 0. The molecule has 0 saturated carbocycles. The van der Waals surface area contributed by atoms with Crippen molar-refractivity contribution >= 4 is 0 Å². The summed E-state index contributed by atoms with van der Waals surface area (Å²) in [6, 6.07) is 1.29. The molecule has 0 aliphatic carbocycles. The second-order valence-corrected chi connectivity index (χ2v) is 3.63. The van der Waals surface area contributed by atoms with Crippen LogP contribution in [0.4, 0.5) is 0 Å². The van der Waals surface area contributed by atoms with E-state index in [1.807, 2.05) is 5.01 Å². The van der Waals surface area contributed by atoms with E-state index in [1.165, 1.54) is 12.8 Å². The van der Waals surface area contributed by atoms with Crippen molar-refractivity contribution in [1.29, 1.82) is 0 Å². The maximum Gasteiger partial charge on any atom is 0.0143 e. The van der Waals surface area contributed by atoms with Crippen molar-refractivity contribution in [3.63, 3.8) is 0 Å². The molecule has 0 amide bonds. The van der Waals surface area contributed by atoms with E-state index in [9.17, 15) is 0 Å². The summed E-state index contributed by atoms with van der Waals surface area (Å²) in [5.41, 5.74) is 0. The highest BCUT2D eigenvalue weighted by molar-refractivity contribution is 4.75. The van der Waals surface area contributed by atoms with E-state index in [1.54, 1.807) is 0 Å². The van der Waals surface area contributed by atoms with Crippen LogP contribution in [0, 0.1) is 0 Å².